The molecule has 1 aromatic heterocycles. The Hall–Kier alpha value is -1.17. The molecule has 2 heterocycles. The molecule has 1 aliphatic heterocycles. The van der Waals surface area contributed by atoms with E-state index in [0.29, 0.717) is 24.3 Å². The zero-order valence-corrected chi connectivity index (χ0v) is 15.9. The summed E-state index contributed by atoms with van der Waals surface area (Å²) in [5, 5.41) is 1.92. The molecule has 2 N–H and O–H groups in total. The third-order valence-electron chi connectivity index (χ3n) is 5.80. The van der Waals surface area contributed by atoms with Gasteiger partial charge in [0.25, 0.3) is 0 Å². The van der Waals surface area contributed by atoms with Gasteiger partial charge in [-0.2, -0.15) is 0 Å². The lowest BCUT2D eigenvalue weighted by molar-refractivity contribution is -0.137. The summed E-state index contributed by atoms with van der Waals surface area (Å²) in [7, 11) is 0. The normalized spacial score (nSPS) is 25.0. The van der Waals surface area contributed by atoms with E-state index in [-0.39, 0.29) is 5.92 Å². The van der Waals surface area contributed by atoms with Crippen LogP contribution in [0.2, 0.25) is 5.02 Å². The Labute approximate surface area is 157 Å². The number of likely N-dealkylation sites (tertiary alicyclic amines) is 1. The molecule has 0 bridgehead atoms. The zero-order chi connectivity index (χ0) is 17.4. The maximum atomic E-state index is 12.8. The Morgan fingerprint density at radius 3 is 2.84 bits per heavy atom. The van der Waals surface area contributed by atoms with Gasteiger partial charge in [0.1, 0.15) is 0 Å². The van der Waals surface area contributed by atoms with Crippen molar-refractivity contribution in [1.82, 2.24) is 9.88 Å². The van der Waals surface area contributed by atoms with E-state index >= 15 is 0 Å². The van der Waals surface area contributed by atoms with Gasteiger partial charge >= 0.3 is 0 Å². The molecule has 0 spiro atoms. The number of piperidine rings is 1. The number of benzene rings is 1. The van der Waals surface area contributed by atoms with Gasteiger partial charge in [-0.05, 0) is 56.3 Å². The highest BCUT2D eigenvalue weighted by atomic mass is 35.5. The summed E-state index contributed by atoms with van der Waals surface area (Å²) in [4.78, 5) is 19.7. The van der Waals surface area contributed by atoms with E-state index in [1.54, 1.807) is 11.3 Å². The fourth-order valence-corrected chi connectivity index (χ4v) is 5.60. The molecule has 1 saturated heterocycles. The van der Waals surface area contributed by atoms with Gasteiger partial charge in [-0.1, -0.05) is 18.0 Å². The number of fused-ring (bicyclic) bond motifs is 1. The first-order valence-corrected chi connectivity index (χ1v) is 10.4. The summed E-state index contributed by atoms with van der Waals surface area (Å²) in [6.07, 6.45) is 5.26. The number of carbonyl (C=O) groups is 1. The first-order valence-electron chi connectivity index (χ1n) is 9.20. The second kappa shape index (κ2) is 7.22. The highest BCUT2D eigenvalue weighted by molar-refractivity contribution is 7.18. The molecule has 1 amide bonds. The molecular weight excluding hydrogens is 354 g/mol. The van der Waals surface area contributed by atoms with E-state index < -0.39 is 0 Å². The second-order valence-electron chi connectivity index (χ2n) is 7.30. The first-order chi connectivity index (χ1) is 12.2. The zero-order valence-electron chi connectivity index (χ0n) is 14.3. The molecule has 4 rings (SSSR count). The van der Waals surface area contributed by atoms with Gasteiger partial charge in [-0.25, -0.2) is 4.98 Å². The molecule has 1 aromatic carbocycles. The largest absolute Gasteiger partial charge is 0.342 e. The van der Waals surface area contributed by atoms with Gasteiger partial charge in [0, 0.05) is 29.9 Å². The van der Waals surface area contributed by atoms with Crippen LogP contribution < -0.4 is 5.73 Å². The lowest BCUT2D eigenvalue weighted by Crippen LogP contribution is -2.43. The van der Waals surface area contributed by atoms with E-state index in [1.807, 2.05) is 18.2 Å². The molecule has 6 heteroatoms. The fourth-order valence-electron chi connectivity index (χ4n) is 4.32. The number of carbonyl (C=O) groups excluding carboxylic acids is 1. The quantitative estimate of drug-likeness (QED) is 0.878. The Balaban J connectivity index is 1.41. The standard InChI is InChI=1S/C19H24ClN3OS/c20-14-4-5-17-16(10-14)22-18(25-17)12-6-8-23(9-7-12)19(24)15-3-1-2-13(15)11-21/h4-5,10,12-13,15H,1-3,6-9,11,21H2/t13-,15-/m1/s1. The number of amides is 1. The Morgan fingerprint density at radius 2 is 2.08 bits per heavy atom. The van der Waals surface area contributed by atoms with Crippen molar-refractivity contribution in [2.45, 2.75) is 38.0 Å². The van der Waals surface area contributed by atoms with Crippen molar-refractivity contribution in [3.8, 4) is 0 Å². The maximum absolute atomic E-state index is 12.8. The molecular formula is C19H24ClN3OS. The summed E-state index contributed by atoms with van der Waals surface area (Å²) < 4.78 is 1.19. The lowest BCUT2D eigenvalue weighted by Gasteiger charge is -2.34. The van der Waals surface area contributed by atoms with Crippen LogP contribution in [0.1, 0.15) is 43.0 Å². The second-order valence-corrected chi connectivity index (χ2v) is 8.80. The van der Waals surface area contributed by atoms with Gasteiger partial charge in [0.2, 0.25) is 5.91 Å². The van der Waals surface area contributed by atoms with Crippen LogP contribution in [0, 0.1) is 11.8 Å². The monoisotopic (exact) mass is 377 g/mol. The van der Waals surface area contributed by atoms with Crippen LogP contribution in [0.15, 0.2) is 18.2 Å². The van der Waals surface area contributed by atoms with E-state index in [4.69, 9.17) is 22.3 Å². The number of aromatic nitrogens is 1. The summed E-state index contributed by atoms with van der Waals surface area (Å²) in [6.45, 7) is 2.32. The highest BCUT2D eigenvalue weighted by Crippen LogP contribution is 2.37. The van der Waals surface area contributed by atoms with Crippen LogP contribution in [0.3, 0.4) is 0 Å². The van der Waals surface area contributed by atoms with E-state index in [2.05, 4.69) is 4.90 Å². The van der Waals surface area contributed by atoms with Crippen LogP contribution in [0.4, 0.5) is 0 Å². The third-order valence-corrected chi connectivity index (χ3v) is 7.24. The summed E-state index contributed by atoms with van der Waals surface area (Å²) in [6, 6.07) is 5.90. The number of nitrogens with two attached hydrogens (primary N) is 1. The fraction of sp³-hybridized carbons (Fsp3) is 0.579. The van der Waals surface area contributed by atoms with E-state index in [0.717, 1.165) is 55.7 Å². The van der Waals surface area contributed by atoms with E-state index in [9.17, 15) is 4.79 Å². The summed E-state index contributed by atoms with van der Waals surface area (Å²) in [5.41, 5.74) is 6.84. The van der Waals surface area contributed by atoms with Gasteiger partial charge in [0.05, 0.1) is 15.2 Å². The van der Waals surface area contributed by atoms with Crippen molar-refractivity contribution in [2.75, 3.05) is 19.6 Å². The first kappa shape index (κ1) is 17.3. The van der Waals surface area contributed by atoms with Gasteiger partial charge < -0.3 is 10.6 Å². The molecule has 25 heavy (non-hydrogen) atoms. The predicted octanol–water partition coefficient (Wildman–Crippen LogP) is 4.03. The highest BCUT2D eigenvalue weighted by Gasteiger charge is 2.36. The number of halogens is 1. The minimum Gasteiger partial charge on any atom is -0.342 e. The minimum absolute atomic E-state index is 0.158. The molecule has 1 saturated carbocycles. The smallest absolute Gasteiger partial charge is 0.226 e. The van der Waals surface area contributed by atoms with Crippen LogP contribution in [-0.2, 0) is 4.79 Å². The van der Waals surface area contributed by atoms with Crippen LogP contribution >= 0.6 is 22.9 Å². The Morgan fingerprint density at radius 1 is 1.28 bits per heavy atom. The maximum Gasteiger partial charge on any atom is 0.226 e. The van der Waals surface area contributed by atoms with Crippen molar-refractivity contribution >= 4 is 39.1 Å². The molecule has 2 aliphatic rings. The molecule has 2 fully saturated rings. The van der Waals surface area contributed by atoms with Crippen LogP contribution in [0.5, 0.6) is 0 Å². The van der Waals surface area contributed by atoms with Gasteiger partial charge in [-0.3, -0.25) is 4.79 Å². The van der Waals surface area contributed by atoms with Crippen molar-refractivity contribution in [2.24, 2.45) is 17.6 Å². The SMILES string of the molecule is NC[C@H]1CCC[C@H]1C(=O)N1CCC(c2nc3cc(Cl)ccc3s2)CC1. The molecule has 134 valence electrons. The topological polar surface area (TPSA) is 59.2 Å². The summed E-state index contributed by atoms with van der Waals surface area (Å²) >= 11 is 7.83. The number of thiazole rings is 1. The summed E-state index contributed by atoms with van der Waals surface area (Å²) in [5.74, 6) is 1.34. The molecule has 2 atom stereocenters. The average Bonchev–Trinajstić information content (AvgIpc) is 3.27. The Bertz CT molecular complexity index is 769. The van der Waals surface area contributed by atoms with Crippen molar-refractivity contribution in [3.63, 3.8) is 0 Å². The number of hydrogen-bond donors (Lipinski definition) is 1. The molecule has 0 unspecified atom stereocenters. The van der Waals surface area contributed by atoms with Crippen LogP contribution in [0.25, 0.3) is 10.2 Å². The van der Waals surface area contributed by atoms with Gasteiger partial charge in [0.15, 0.2) is 0 Å². The molecule has 1 aliphatic carbocycles. The lowest BCUT2D eigenvalue weighted by atomic mass is 9.92. The number of nitrogens with zero attached hydrogens (tertiary/aromatic N) is 2. The van der Waals surface area contributed by atoms with Crippen molar-refractivity contribution in [3.05, 3.63) is 28.2 Å². The van der Waals surface area contributed by atoms with E-state index in [1.165, 1.54) is 9.71 Å². The molecule has 4 nitrogen and oxygen atoms in total. The van der Waals surface area contributed by atoms with Crippen LogP contribution in [-0.4, -0.2) is 35.4 Å². The van der Waals surface area contributed by atoms with Crippen molar-refractivity contribution < 1.29 is 4.79 Å². The third kappa shape index (κ3) is 3.42. The number of rotatable bonds is 3. The minimum atomic E-state index is 0.158. The predicted molar refractivity (Wildman–Crippen MR) is 103 cm³/mol. The molecule has 0 radical (unpaired) electrons. The Kier molecular flexibility index (Phi) is 4.98. The molecule has 2 aromatic rings. The average molecular weight is 378 g/mol. The van der Waals surface area contributed by atoms with Crippen molar-refractivity contribution in [1.29, 1.82) is 0 Å². The number of hydrogen-bond acceptors (Lipinski definition) is 4. The van der Waals surface area contributed by atoms with Gasteiger partial charge in [-0.15, -0.1) is 11.3 Å².